The van der Waals surface area contributed by atoms with Gasteiger partial charge >= 0.3 is 6.18 Å². The lowest BCUT2D eigenvalue weighted by Crippen LogP contribution is -2.36. The predicted molar refractivity (Wildman–Crippen MR) is 43.2 cm³/mol. The molecule has 0 fully saturated rings. The number of hydrogen-bond acceptors (Lipinski definition) is 2. The van der Waals surface area contributed by atoms with Gasteiger partial charge < -0.3 is 5.73 Å². The molecule has 0 aliphatic rings. The van der Waals surface area contributed by atoms with Crippen molar-refractivity contribution >= 4 is 11.7 Å². The molecule has 0 aromatic carbocycles. The summed E-state index contributed by atoms with van der Waals surface area (Å²) in [4.78, 5) is 21.3. The Morgan fingerprint density at radius 3 is 1.93 bits per heavy atom. The molecule has 0 saturated heterocycles. The van der Waals surface area contributed by atoms with E-state index in [1.807, 2.05) is 0 Å². The molecule has 0 aliphatic carbocycles. The summed E-state index contributed by atoms with van der Waals surface area (Å²) in [5.41, 5.74) is 4.75. The number of hydrogen-bond donors (Lipinski definition) is 1. The van der Waals surface area contributed by atoms with Gasteiger partial charge in [-0.05, 0) is 5.92 Å². The quantitative estimate of drug-likeness (QED) is 0.761. The molecule has 0 saturated carbocycles. The van der Waals surface area contributed by atoms with E-state index in [4.69, 9.17) is 5.73 Å². The number of rotatable bonds is 4. The maximum absolute atomic E-state index is 12.0. The first kappa shape index (κ1) is 12.9. The summed E-state index contributed by atoms with van der Waals surface area (Å²) >= 11 is 0. The highest BCUT2D eigenvalue weighted by atomic mass is 19.4. The molecule has 6 heteroatoms. The third kappa shape index (κ3) is 3.76. The first-order valence-corrected chi connectivity index (χ1v) is 4.05. The van der Waals surface area contributed by atoms with Crippen LogP contribution in [0.2, 0.25) is 0 Å². The highest BCUT2D eigenvalue weighted by Crippen LogP contribution is 2.27. The van der Waals surface area contributed by atoms with E-state index in [1.165, 1.54) is 13.8 Å². The Kier molecular flexibility index (Phi) is 4.09. The Labute approximate surface area is 79.5 Å². The minimum Gasteiger partial charge on any atom is -0.370 e. The normalized spacial score (nSPS) is 14.1. The Morgan fingerprint density at radius 2 is 1.71 bits per heavy atom. The van der Waals surface area contributed by atoms with E-state index in [2.05, 4.69) is 0 Å². The summed E-state index contributed by atoms with van der Waals surface area (Å²) < 4.78 is 36.0. The van der Waals surface area contributed by atoms with Gasteiger partial charge in [0.05, 0.1) is 0 Å². The third-order valence-electron chi connectivity index (χ3n) is 1.84. The molecule has 14 heavy (non-hydrogen) atoms. The van der Waals surface area contributed by atoms with Gasteiger partial charge in [-0.2, -0.15) is 13.2 Å². The molecule has 3 nitrogen and oxygen atoms in total. The summed E-state index contributed by atoms with van der Waals surface area (Å²) in [6, 6.07) is 0. The monoisotopic (exact) mass is 211 g/mol. The molecule has 0 spiro atoms. The summed E-state index contributed by atoms with van der Waals surface area (Å²) in [6.07, 6.45) is -5.46. The number of primary amides is 1. The van der Waals surface area contributed by atoms with Crippen molar-refractivity contribution in [3.63, 3.8) is 0 Å². The number of Topliss-reactive ketones (excluding diaryl/α,β-unsaturated/α-hetero) is 1. The lowest BCUT2D eigenvalue weighted by atomic mass is 9.88. The number of halogens is 3. The Balaban J connectivity index is 4.67. The zero-order valence-corrected chi connectivity index (χ0v) is 7.89. The van der Waals surface area contributed by atoms with Crippen LogP contribution in [0.15, 0.2) is 0 Å². The molecule has 0 aliphatic heterocycles. The van der Waals surface area contributed by atoms with Crippen LogP contribution in [-0.2, 0) is 9.59 Å². The number of alkyl halides is 3. The van der Waals surface area contributed by atoms with Crippen LogP contribution in [0, 0.1) is 11.8 Å². The highest BCUT2D eigenvalue weighted by molar-refractivity contribution is 5.90. The van der Waals surface area contributed by atoms with Crippen molar-refractivity contribution in [1.29, 1.82) is 0 Å². The number of carbonyl (C=O) groups excluding carboxylic acids is 2. The first-order valence-electron chi connectivity index (χ1n) is 4.05. The van der Waals surface area contributed by atoms with Crippen molar-refractivity contribution in [3.8, 4) is 0 Å². The second-order valence-electron chi connectivity index (χ2n) is 3.38. The zero-order valence-electron chi connectivity index (χ0n) is 7.89. The predicted octanol–water partition coefficient (Wildman–Crippen LogP) is 1.27. The minimum absolute atomic E-state index is 0.559. The molecule has 1 atom stereocenters. The molecule has 0 aromatic rings. The van der Waals surface area contributed by atoms with Crippen LogP contribution in [-0.4, -0.2) is 17.9 Å². The van der Waals surface area contributed by atoms with Crippen LogP contribution in [0.5, 0.6) is 0 Å². The van der Waals surface area contributed by atoms with Gasteiger partial charge in [-0.1, -0.05) is 13.8 Å². The van der Waals surface area contributed by atoms with Gasteiger partial charge in [0.2, 0.25) is 11.7 Å². The molecule has 82 valence electrons. The Hall–Kier alpha value is -1.07. The second-order valence-corrected chi connectivity index (χ2v) is 3.38. The van der Waals surface area contributed by atoms with Gasteiger partial charge in [-0.3, -0.25) is 9.59 Å². The maximum atomic E-state index is 12.0. The molecule has 0 bridgehead atoms. The van der Waals surface area contributed by atoms with Gasteiger partial charge in [-0.15, -0.1) is 0 Å². The Morgan fingerprint density at radius 1 is 1.29 bits per heavy atom. The molecule has 0 heterocycles. The average molecular weight is 211 g/mol. The Bertz CT molecular complexity index is 235. The van der Waals surface area contributed by atoms with Gasteiger partial charge in [0, 0.05) is 12.3 Å². The van der Waals surface area contributed by atoms with E-state index in [0.29, 0.717) is 0 Å². The molecular weight excluding hydrogens is 199 g/mol. The van der Waals surface area contributed by atoms with Crippen LogP contribution in [0.4, 0.5) is 13.2 Å². The minimum atomic E-state index is -4.90. The SMILES string of the molecule is CC(C)C(CC(N)=O)C(=O)C(F)(F)F. The zero-order chi connectivity index (χ0) is 11.5. The summed E-state index contributed by atoms with van der Waals surface area (Å²) in [5, 5.41) is 0. The second kappa shape index (κ2) is 4.43. The molecule has 0 rings (SSSR count). The van der Waals surface area contributed by atoms with Crippen LogP contribution < -0.4 is 5.73 Å². The molecule has 0 aromatic heterocycles. The van der Waals surface area contributed by atoms with Crippen LogP contribution in [0.1, 0.15) is 20.3 Å². The third-order valence-corrected chi connectivity index (χ3v) is 1.84. The van der Waals surface area contributed by atoms with E-state index in [-0.39, 0.29) is 0 Å². The maximum Gasteiger partial charge on any atom is 0.450 e. The molecule has 1 unspecified atom stereocenters. The van der Waals surface area contributed by atoms with E-state index in [9.17, 15) is 22.8 Å². The first-order chi connectivity index (χ1) is 6.16. The number of carbonyl (C=O) groups is 2. The van der Waals surface area contributed by atoms with E-state index < -0.39 is 36.1 Å². The van der Waals surface area contributed by atoms with E-state index in [0.717, 1.165) is 0 Å². The lowest BCUT2D eigenvalue weighted by Gasteiger charge is -2.19. The lowest BCUT2D eigenvalue weighted by molar-refractivity contribution is -0.177. The fourth-order valence-electron chi connectivity index (χ4n) is 1.06. The topological polar surface area (TPSA) is 60.2 Å². The number of ketones is 1. The summed E-state index contributed by atoms with van der Waals surface area (Å²) in [5.74, 6) is -4.71. The molecule has 2 N–H and O–H groups in total. The number of nitrogens with two attached hydrogens (primary N) is 1. The summed E-state index contributed by atoms with van der Waals surface area (Å²) in [7, 11) is 0. The van der Waals surface area contributed by atoms with Crippen molar-refractivity contribution in [2.24, 2.45) is 17.6 Å². The van der Waals surface area contributed by atoms with E-state index in [1.54, 1.807) is 0 Å². The fraction of sp³-hybridized carbons (Fsp3) is 0.750. The number of amides is 1. The van der Waals surface area contributed by atoms with Gasteiger partial charge in [0.25, 0.3) is 0 Å². The van der Waals surface area contributed by atoms with Crippen molar-refractivity contribution in [2.75, 3.05) is 0 Å². The average Bonchev–Trinajstić information content (AvgIpc) is 1.96. The standard InChI is InChI=1S/C8H12F3NO2/c1-4(2)5(3-6(12)13)7(14)8(9,10)11/h4-5H,3H2,1-2H3,(H2,12,13). The fourth-order valence-corrected chi connectivity index (χ4v) is 1.06. The van der Waals surface area contributed by atoms with Gasteiger partial charge in [0.1, 0.15) is 0 Å². The largest absolute Gasteiger partial charge is 0.450 e. The van der Waals surface area contributed by atoms with Gasteiger partial charge in [-0.25, -0.2) is 0 Å². The molecule has 1 amide bonds. The van der Waals surface area contributed by atoms with Gasteiger partial charge in [0.15, 0.2) is 0 Å². The van der Waals surface area contributed by atoms with Crippen LogP contribution in [0.25, 0.3) is 0 Å². The van der Waals surface area contributed by atoms with Crippen molar-refractivity contribution in [3.05, 3.63) is 0 Å². The highest BCUT2D eigenvalue weighted by Gasteiger charge is 2.44. The van der Waals surface area contributed by atoms with Crippen LogP contribution >= 0.6 is 0 Å². The molecule has 0 radical (unpaired) electrons. The smallest absolute Gasteiger partial charge is 0.370 e. The van der Waals surface area contributed by atoms with Crippen molar-refractivity contribution in [2.45, 2.75) is 26.4 Å². The van der Waals surface area contributed by atoms with E-state index >= 15 is 0 Å². The summed E-state index contributed by atoms with van der Waals surface area (Å²) in [6.45, 7) is 2.88. The molecular formula is C8H12F3NO2. The van der Waals surface area contributed by atoms with Crippen molar-refractivity contribution < 1.29 is 22.8 Å². The van der Waals surface area contributed by atoms with Crippen LogP contribution in [0.3, 0.4) is 0 Å². The van der Waals surface area contributed by atoms with Crippen molar-refractivity contribution in [1.82, 2.24) is 0 Å².